The maximum absolute atomic E-state index is 9.42. The molecule has 0 amide bonds. The van der Waals surface area contributed by atoms with Crippen LogP contribution in [-0.2, 0) is 6.54 Å². The molecule has 21 heavy (non-hydrogen) atoms. The monoisotopic (exact) mass is 369 g/mol. The highest BCUT2D eigenvalue weighted by molar-refractivity contribution is 9.10. The molecule has 2 aromatic carbocycles. The molecule has 2 aromatic rings. The van der Waals surface area contributed by atoms with E-state index in [0.717, 1.165) is 27.2 Å². The summed E-state index contributed by atoms with van der Waals surface area (Å²) in [6.45, 7) is 1.71. The van der Waals surface area contributed by atoms with E-state index in [1.165, 1.54) is 0 Å². The Bertz CT molecular complexity index is 678. The van der Waals surface area contributed by atoms with Crippen LogP contribution in [0, 0.1) is 0 Å². The lowest BCUT2D eigenvalue weighted by Gasteiger charge is -2.20. The van der Waals surface area contributed by atoms with Crippen molar-refractivity contribution in [2.24, 2.45) is 0 Å². The number of hydrogen-bond acceptors (Lipinski definition) is 4. The van der Waals surface area contributed by atoms with Crippen LogP contribution in [0.5, 0.6) is 17.2 Å². The zero-order valence-electron chi connectivity index (χ0n) is 11.0. The molecular formula is C15H13BrClNO3. The second-order valence-corrected chi connectivity index (χ2v) is 5.88. The average molecular weight is 371 g/mol. The highest BCUT2D eigenvalue weighted by Crippen LogP contribution is 2.38. The number of anilines is 1. The fourth-order valence-electron chi connectivity index (χ4n) is 2.06. The number of fused-ring (bicyclic) bond motifs is 1. The van der Waals surface area contributed by atoms with Crippen molar-refractivity contribution in [3.05, 3.63) is 45.4 Å². The van der Waals surface area contributed by atoms with Crippen molar-refractivity contribution in [2.45, 2.75) is 6.54 Å². The fourth-order valence-corrected chi connectivity index (χ4v) is 2.72. The molecule has 0 fully saturated rings. The number of phenols is 1. The molecule has 0 aromatic heterocycles. The van der Waals surface area contributed by atoms with Crippen LogP contribution in [0.15, 0.2) is 34.8 Å². The van der Waals surface area contributed by atoms with Gasteiger partial charge < -0.3 is 19.9 Å². The number of phenolic OH excluding ortho intramolecular Hbond substituents is 1. The van der Waals surface area contributed by atoms with Gasteiger partial charge in [0.2, 0.25) is 0 Å². The van der Waals surface area contributed by atoms with Gasteiger partial charge in [-0.05, 0) is 33.6 Å². The van der Waals surface area contributed by atoms with E-state index >= 15 is 0 Å². The van der Waals surface area contributed by atoms with Crippen LogP contribution >= 0.6 is 27.5 Å². The summed E-state index contributed by atoms with van der Waals surface area (Å²) in [6.07, 6.45) is 0. The quantitative estimate of drug-likeness (QED) is 0.850. The highest BCUT2D eigenvalue weighted by Gasteiger charge is 2.14. The lowest BCUT2D eigenvalue weighted by molar-refractivity contribution is 0.171. The van der Waals surface area contributed by atoms with Crippen LogP contribution in [0.2, 0.25) is 5.02 Å². The van der Waals surface area contributed by atoms with E-state index in [0.29, 0.717) is 24.8 Å². The van der Waals surface area contributed by atoms with E-state index in [-0.39, 0.29) is 5.75 Å². The van der Waals surface area contributed by atoms with Gasteiger partial charge >= 0.3 is 0 Å². The molecule has 2 N–H and O–H groups in total. The first-order valence-electron chi connectivity index (χ1n) is 6.44. The Morgan fingerprint density at radius 2 is 1.86 bits per heavy atom. The zero-order chi connectivity index (χ0) is 14.8. The van der Waals surface area contributed by atoms with Gasteiger partial charge in [0.15, 0.2) is 11.5 Å². The van der Waals surface area contributed by atoms with Crippen molar-refractivity contribution in [3.63, 3.8) is 0 Å². The number of ether oxygens (including phenoxy) is 2. The van der Waals surface area contributed by atoms with E-state index in [1.807, 2.05) is 18.2 Å². The third kappa shape index (κ3) is 3.19. The maximum atomic E-state index is 9.42. The first kappa shape index (κ1) is 14.4. The number of nitrogens with one attached hydrogen (secondary N) is 1. The molecule has 0 bridgehead atoms. The molecule has 4 nitrogen and oxygen atoms in total. The molecule has 0 saturated carbocycles. The lowest BCUT2D eigenvalue weighted by atomic mass is 10.2. The lowest BCUT2D eigenvalue weighted by Crippen LogP contribution is -2.15. The molecule has 0 atom stereocenters. The summed E-state index contributed by atoms with van der Waals surface area (Å²) >= 11 is 9.41. The first-order valence-corrected chi connectivity index (χ1v) is 7.61. The molecule has 1 heterocycles. The molecule has 3 rings (SSSR count). The topological polar surface area (TPSA) is 50.7 Å². The Kier molecular flexibility index (Phi) is 4.12. The predicted octanol–water partition coefficient (Wildman–Crippen LogP) is 4.19. The third-order valence-corrected chi connectivity index (χ3v) is 4.09. The molecule has 0 aliphatic carbocycles. The molecule has 0 radical (unpaired) electrons. The van der Waals surface area contributed by atoms with Crippen LogP contribution < -0.4 is 14.8 Å². The molecule has 110 valence electrons. The number of rotatable bonds is 3. The smallest absolute Gasteiger partial charge is 0.163 e. The van der Waals surface area contributed by atoms with E-state index < -0.39 is 0 Å². The summed E-state index contributed by atoms with van der Waals surface area (Å²) in [7, 11) is 0. The van der Waals surface area contributed by atoms with Crippen molar-refractivity contribution < 1.29 is 14.6 Å². The minimum absolute atomic E-state index is 0.0842. The summed E-state index contributed by atoms with van der Waals surface area (Å²) in [5, 5.41) is 13.1. The van der Waals surface area contributed by atoms with Gasteiger partial charge in [-0.3, -0.25) is 0 Å². The van der Waals surface area contributed by atoms with Gasteiger partial charge in [0.05, 0.1) is 10.7 Å². The van der Waals surface area contributed by atoms with Crippen LogP contribution in [0.1, 0.15) is 5.56 Å². The van der Waals surface area contributed by atoms with E-state index in [4.69, 9.17) is 21.1 Å². The van der Waals surface area contributed by atoms with Gasteiger partial charge in [0, 0.05) is 23.2 Å². The summed E-state index contributed by atoms with van der Waals surface area (Å²) in [5.74, 6) is 1.56. The summed E-state index contributed by atoms with van der Waals surface area (Å²) in [4.78, 5) is 0. The van der Waals surface area contributed by atoms with Gasteiger partial charge in [-0.2, -0.15) is 0 Å². The highest BCUT2D eigenvalue weighted by atomic mass is 79.9. The van der Waals surface area contributed by atoms with Gasteiger partial charge in [-0.25, -0.2) is 0 Å². The van der Waals surface area contributed by atoms with Gasteiger partial charge in [-0.15, -0.1) is 0 Å². The molecular weight excluding hydrogens is 358 g/mol. The van der Waals surface area contributed by atoms with E-state index in [2.05, 4.69) is 21.2 Å². The van der Waals surface area contributed by atoms with Crippen molar-refractivity contribution in [3.8, 4) is 17.2 Å². The second-order valence-electron chi connectivity index (χ2n) is 4.62. The third-order valence-electron chi connectivity index (χ3n) is 3.13. The van der Waals surface area contributed by atoms with E-state index in [1.54, 1.807) is 12.1 Å². The average Bonchev–Trinajstić information content (AvgIpc) is 2.48. The predicted molar refractivity (Wildman–Crippen MR) is 85.6 cm³/mol. The Hall–Kier alpha value is -1.59. The standard InChI is InChI=1S/C15H13BrClNO3/c16-10-6-14-15(21-4-3-20-14)7-12(10)18-8-9-1-2-13(19)11(17)5-9/h1-2,5-7,18-19H,3-4,8H2. The molecule has 0 unspecified atom stereocenters. The van der Waals surface area contributed by atoms with Crippen molar-refractivity contribution in [1.29, 1.82) is 0 Å². The van der Waals surface area contributed by atoms with Crippen LogP contribution in [0.4, 0.5) is 5.69 Å². The van der Waals surface area contributed by atoms with Crippen LogP contribution in [0.25, 0.3) is 0 Å². The van der Waals surface area contributed by atoms with Gasteiger partial charge in [-0.1, -0.05) is 17.7 Å². The molecule has 1 aliphatic heterocycles. The van der Waals surface area contributed by atoms with Crippen molar-refractivity contribution in [1.82, 2.24) is 0 Å². The summed E-state index contributed by atoms with van der Waals surface area (Å²) in [6, 6.07) is 8.93. The SMILES string of the molecule is Oc1ccc(CNc2cc3c(cc2Br)OCCO3)cc1Cl. The fraction of sp³-hybridized carbons (Fsp3) is 0.200. The molecule has 0 spiro atoms. The minimum Gasteiger partial charge on any atom is -0.506 e. The Morgan fingerprint density at radius 3 is 2.57 bits per heavy atom. The summed E-state index contributed by atoms with van der Waals surface area (Å²) in [5.41, 5.74) is 1.88. The van der Waals surface area contributed by atoms with Crippen molar-refractivity contribution >= 4 is 33.2 Å². The Balaban J connectivity index is 1.77. The maximum Gasteiger partial charge on any atom is 0.163 e. The summed E-state index contributed by atoms with van der Waals surface area (Å²) < 4.78 is 12.0. The second kappa shape index (κ2) is 6.03. The van der Waals surface area contributed by atoms with Crippen LogP contribution in [0.3, 0.4) is 0 Å². The van der Waals surface area contributed by atoms with Crippen LogP contribution in [-0.4, -0.2) is 18.3 Å². The normalized spacial score (nSPS) is 13.0. The number of benzene rings is 2. The molecule has 1 aliphatic rings. The minimum atomic E-state index is 0.0842. The molecule has 0 saturated heterocycles. The Morgan fingerprint density at radius 1 is 1.14 bits per heavy atom. The zero-order valence-corrected chi connectivity index (χ0v) is 13.4. The van der Waals surface area contributed by atoms with Crippen molar-refractivity contribution in [2.75, 3.05) is 18.5 Å². The molecule has 6 heteroatoms. The van der Waals surface area contributed by atoms with Gasteiger partial charge in [0.1, 0.15) is 19.0 Å². The van der Waals surface area contributed by atoms with Gasteiger partial charge in [0.25, 0.3) is 0 Å². The first-order chi connectivity index (χ1) is 10.1. The Labute approximate surface area is 135 Å². The number of hydrogen-bond donors (Lipinski definition) is 2. The largest absolute Gasteiger partial charge is 0.506 e. The van der Waals surface area contributed by atoms with E-state index in [9.17, 15) is 5.11 Å². The number of aromatic hydroxyl groups is 1. The number of halogens is 2.